The molecule has 82 heavy (non-hydrogen) atoms. The zero-order valence-corrected chi connectivity index (χ0v) is 52.5. The number of nitrogens with zero attached hydrogens (tertiary/aromatic N) is 1. The van der Waals surface area contributed by atoms with Crippen molar-refractivity contribution in [3.8, 4) is 0 Å². The lowest BCUT2D eigenvalue weighted by Gasteiger charge is -2.28. The van der Waals surface area contributed by atoms with Crippen LogP contribution in [0.4, 0.5) is 0 Å². The van der Waals surface area contributed by atoms with Gasteiger partial charge in [0, 0.05) is 12.8 Å². The third-order valence-corrected chi connectivity index (χ3v) is 12.8. The molecule has 9 nitrogen and oxygen atoms in total. The van der Waals surface area contributed by atoms with E-state index in [4.69, 9.17) is 18.5 Å². The van der Waals surface area contributed by atoms with Crippen molar-refractivity contribution in [1.29, 1.82) is 0 Å². The van der Waals surface area contributed by atoms with Crippen molar-refractivity contribution < 1.29 is 42.1 Å². The van der Waals surface area contributed by atoms with Gasteiger partial charge >= 0.3 is 11.9 Å². The maximum atomic E-state index is 12.8. The Hall–Kier alpha value is -5.41. The normalized spacial score (nSPS) is 14.7. The van der Waals surface area contributed by atoms with Gasteiger partial charge in [-0.25, -0.2) is 0 Å². The Balaban J connectivity index is 4.34. The molecule has 0 aliphatic carbocycles. The van der Waals surface area contributed by atoms with Crippen LogP contribution in [0.5, 0.6) is 0 Å². The lowest BCUT2D eigenvalue weighted by atomic mass is 10.1. The number of hydrogen-bond donors (Lipinski definition) is 0. The van der Waals surface area contributed by atoms with Gasteiger partial charge in [0.25, 0.3) is 7.82 Å². The number of likely N-dealkylation sites (N-methyl/N-ethyl adjacent to an activating group) is 1. The van der Waals surface area contributed by atoms with Gasteiger partial charge < -0.3 is 27.9 Å². The number of phosphoric ester groups is 1. The number of esters is 2. The minimum atomic E-state index is -4.68. The fourth-order valence-electron chi connectivity index (χ4n) is 7.13. The third kappa shape index (κ3) is 63.8. The zero-order chi connectivity index (χ0) is 59.8. The number of carbonyl (C=O) groups excluding carboxylic acids is 2. The molecule has 0 aromatic carbocycles. The molecule has 456 valence electrons. The molecule has 0 saturated heterocycles. The number of ether oxygens (including phenoxy) is 2. The molecule has 0 aliphatic heterocycles. The maximum absolute atomic E-state index is 12.8. The summed E-state index contributed by atoms with van der Waals surface area (Å²) >= 11 is 0. The van der Waals surface area contributed by atoms with Crippen molar-refractivity contribution in [1.82, 2.24) is 0 Å². The zero-order valence-electron chi connectivity index (χ0n) is 51.6. The van der Waals surface area contributed by atoms with Crippen molar-refractivity contribution >= 4 is 19.8 Å². The summed E-state index contributed by atoms with van der Waals surface area (Å²) in [4.78, 5) is 37.9. The maximum Gasteiger partial charge on any atom is 0.306 e. The first-order valence-corrected chi connectivity index (χ1v) is 32.3. The Morgan fingerprint density at radius 1 is 0.378 bits per heavy atom. The highest BCUT2D eigenvalue weighted by molar-refractivity contribution is 7.45. The minimum Gasteiger partial charge on any atom is -0.756 e. The van der Waals surface area contributed by atoms with Crippen LogP contribution in [0.15, 0.2) is 207 Å². The highest BCUT2D eigenvalue weighted by atomic mass is 31.2. The smallest absolute Gasteiger partial charge is 0.306 e. The van der Waals surface area contributed by atoms with Crippen LogP contribution in [0, 0.1) is 0 Å². The van der Waals surface area contributed by atoms with Crippen LogP contribution in [-0.2, 0) is 32.7 Å². The highest BCUT2D eigenvalue weighted by Crippen LogP contribution is 2.38. The number of unbranched alkanes of at least 4 members (excludes halogenated alkanes) is 5. The summed E-state index contributed by atoms with van der Waals surface area (Å²) in [5.74, 6) is -0.945. The van der Waals surface area contributed by atoms with Gasteiger partial charge in [-0.3, -0.25) is 14.2 Å². The van der Waals surface area contributed by atoms with E-state index in [9.17, 15) is 19.0 Å². The van der Waals surface area contributed by atoms with Crippen molar-refractivity contribution in [2.24, 2.45) is 0 Å². The van der Waals surface area contributed by atoms with E-state index >= 15 is 0 Å². The second-order valence-corrected chi connectivity index (χ2v) is 22.0. The number of allylic oxidation sites excluding steroid dienone is 34. The predicted octanol–water partition coefficient (Wildman–Crippen LogP) is 19.3. The molecule has 0 fully saturated rings. The van der Waals surface area contributed by atoms with E-state index in [0.717, 1.165) is 141 Å². The Bertz CT molecular complexity index is 2130. The first-order chi connectivity index (χ1) is 40.0. The number of phosphoric acid groups is 1. The van der Waals surface area contributed by atoms with E-state index in [1.165, 1.54) is 0 Å². The lowest BCUT2D eigenvalue weighted by molar-refractivity contribution is -0.870. The number of quaternary nitrogens is 1. The van der Waals surface area contributed by atoms with Gasteiger partial charge in [-0.15, -0.1) is 0 Å². The van der Waals surface area contributed by atoms with Gasteiger partial charge in [0.15, 0.2) is 6.10 Å². The molecule has 10 heteroatoms. The van der Waals surface area contributed by atoms with Crippen LogP contribution in [0.25, 0.3) is 0 Å². The summed E-state index contributed by atoms with van der Waals surface area (Å²) in [7, 11) is 1.08. The molecule has 0 amide bonds. The van der Waals surface area contributed by atoms with Gasteiger partial charge in [-0.2, -0.15) is 0 Å². The SMILES string of the molecule is CC/C=C\C/C=C\C/C=C\C/C=C\C/C=C\C/C=C\C/C=C\C/C=C\C/C=C\C/C=C\C/C=C\CCCCCC(=O)OC(COC(=O)CCCC/C=C\C/C=C\C/C=C\C/C=C\C/C=C\C/C=C\CC)COP(=O)([O-])OCC[N+](C)(C)C. The van der Waals surface area contributed by atoms with E-state index in [1.807, 2.05) is 21.1 Å². The van der Waals surface area contributed by atoms with E-state index in [2.05, 4.69) is 220 Å². The molecular weight excluding hydrogens is 1040 g/mol. The van der Waals surface area contributed by atoms with Gasteiger partial charge in [-0.05, 0) is 148 Å². The molecule has 0 spiro atoms. The summed E-state index contributed by atoms with van der Waals surface area (Å²) in [6.45, 7) is 3.87. The number of hydrogen-bond acceptors (Lipinski definition) is 8. The van der Waals surface area contributed by atoms with Crippen LogP contribution < -0.4 is 4.89 Å². The first-order valence-electron chi connectivity index (χ1n) is 30.8. The van der Waals surface area contributed by atoms with Gasteiger partial charge in [0.1, 0.15) is 19.8 Å². The van der Waals surface area contributed by atoms with E-state index in [-0.39, 0.29) is 26.1 Å². The molecular formula is C72H110NO8P. The monoisotopic (exact) mass is 1150 g/mol. The van der Waals surface area contributed by atoms with Gasteiger partial charge in [0.2, 0.25) is 0 Å². The molecule has 0 N–H and O–H groups in total. The van der Waals surface area contributed by atoms with Gasteiger partial charge in [-0.1, -0.05) is 227 Å². The molecule has 0 radical (unpaired) electrons. The topological polar surface area (TPSA) is 111 Å². The average Bonchev–Trinajstić information content (AvgIpc) is 3.46. The van der Waals surface area contributed by atoms with Crippen molar-refractivity contribution in [2.45, 2.75) is 187 Å². The highest BCUT2D eigenvalue weighted by Gasteiger charge is 2.21. The molecule has 0 bridgehead atoms. The standard InChI is InChI=1S/C72H110NO8P/c1-6-8-10-12-14-16-18-20-22-24-26-28-29-30-31-32-33-34-35-36-37-38-39-40-41-42-43-45-47-49-51-53-55-57-59-61-63-65-72(75)81-70(69-80-82(76,77)79-67-66-73(3,4)5)68-78-71(74)64-62-60-58-56-54-52-50-48-46-44-27-25-23-21-19-17-15-13-11-9-7-2/h8-11,14-17,20-23,26-28,30-31,33-34,36-37,39-40,42-44,47-50,53-56,70H,6-7,12-13,18-19,24-25,29,32,35,38,41,45-46,51-52,57-69H2,1-5H3/b10-8-,11-9-,16-14-,17-15-,22-20-,23-21-,28-26-,31-30-,34-33-,37-36-,40-39-,43-42-,44-27-,49-47-,50-48-,55-53-,56-54-. The van der Waals surface area contributed by atoms with Crippen molar-refractivity contribution in [2.75, 3.05) is 47.5 Å². The van der Waals surface area contributed by atoms with Crippen LogP contribution in [0.3, 0.4) is 0 Å². The minimum absolute atomic E-state index is 0.0579. The summed E-state index contributed by atoms with van der Waals surface area (Å²) < 4.78 is 34.1. The van der Waals surface area contributed by atoms with E-state index in [1.54, 1.807) is 0 Å². The molecule has 0 aromatic rings. The van der Waals surface area contributed by atoms with Crippen LogP contribution in [0.2, 0.25) is 0 Å². The van der Waals surface area contributed by atoms with Crippen LogP contribution >= 0.6 is 7.82 Å². The Kier molecular flexibility index (Phi) is 56.2. The summed E-state index contributed by atoms with van der Waals surface area (Å²) in [6.07, 6.45) is 96.0. The van der Waals surface area contributed by atoms with E-state index < -0.39 is 32.5 Å². The van der Waals surface area contributed by atoms with E-state index in [0.29, 0.717) is 23.9 Å². The van der Waals surface area contributed by atoms with Crippen molar-refractivity contribution in [3.05, 3.63) is 207 Å². The molecule has 0 heterocycles. The average molecular weight is 1150 g/mol. The molecule has 0 rings (SSSR count). The second-order valence-electron chi connectivity index (χ2n) is 20.6. The summed E-state index contributed by atoms with van der Waals surface area (Å²) in [5, 5.41) is 0. The second kappa shape index (κ2) is 60.2. The van der Waals surface area contributed by atoms with Crippen LogP contribution in [-0.4, -0.2) is 70.0 Å². The Labute approximate surface area is 500 Å². The fourth-order valence-corrected chi connectivity index (χ4v) is 7.86. The van der Waals surface area contributed by atoms with Crippen LogP contribution in [0.1, 0.15) is 181 Å². The third-order valence-electron chi connectivity index (χ3n) is 11.8. The number of rotatable bonds is 53. The Morgan fingerprint density at radius 3 is 0.976 bits per heavy atom. The summed E-state index contributed by atoms with van der Waals surface area (Å²) in [5.41, 5.74) is 0. The number of carbonyl (C=O) groups is 2. The molecule has 0 aromatic heterocycles. The largest absolute Gasteiger partial charge is 0.756 e. The molecule has 0 saturated carbocycles. The van der Waals surface area contributed by atoms with Gasteiger partial charge in [0.05, 0.1) is 27.7 Å². The predicted molar refractivity (Wildman–Crippen MR) is 350 cm³/mol. The first kappa shape index (κ1) is 76.6. The molecule has 0 aliphatic rings. The quantitative estimate of drug-likeness (QED) is 0.0195. The Morgan fingerprint density at radius 2 is 0.659 bits per heavy atom. The fraction of sp³-hybridized carbons (Fsp3) is 0.500. The molecule has 2 unspecified atom stereocenters. The van der Waals surface area contributed by atoms with Crippen molar-refractivity contribution in [3.63, 3.8) is 0 Å². The lowest BCUT2D eigenvalue weighted by Crippen LogP contribution is -2.37. The summed E-state index contributed by atoms with van der Waals surface area (Å²) in [6, 6.07) is 0. The molecule has 2 atom stereocenters.